The van der Waals surface area contributed by atoms with Crippen LogP contribution in [0.5, 0.6) is 0 Å². The van der Waals surface area contributed by atoms with Gasteiger partial charge in [-0.1, -0.05) is 12.8 Å². The number of nitrogens with zero attached hydrogens (tertiary/aromatic N) is 2. The van der Waals surface area contributed by atoms with Crippen LogP contribution in [0.25, 0.3) is 0 Å². The van der Waals surface area contributed by atoms with Gasteiger partial charge < -0.3 is 19.5 Å². The molecule has 1 aromatic carbocycles. The molecule has 2 aliphatic carbocycles. The summed E-state index contributed by atoms with van der Waals surface area (Å²) in [6, 6.07) is 9.67. The van der Waals surface area contributed by atoms with Crippen molar-refractivity contribution in [3.05, 3.63) is 47.9 Å². The van der Waals surface area contributed by atoms with Crippen LogP contribution in [0.15, 0.2) is 41.0 Å². The minimum absolute atomic E-state index is 0.0809. The Bertz CT molecular complexity index is 865. The number of amides is 2. The van der Waals surface area contributed by atoms with Crippen LogP contribution in [0.4, 0.5) is 11.4 Å². The van der Waals surface area contributed by atoms with Gasteiger partial charge in [0.25, 0.3) is 5.91 Å². The second-order valence-electron chi connectivity index (χ2n) is 8.35. The van der Waals surface area contributed by atoms with E-state index in [4.69, 9.17) is 4.42 Å². The molecule has 0 atom stereocenters. The van der Waals surface area contributed by atoms with Crippen molar-refractivity contribution < 1.29 is 14.0 Å². The fourth-order valence-electron chi connectivity index (χ4n) is 4.14. The van der Waals surface area contributed by atoms with E-state index in [2.05, 4.69) is 5.32 Å². The van der Waals surface area contributed by atoms with E-state index in [1.54, 1.807) is 12.1 Å². The third-order valence-corrected chi connectivity index (χ3v) is 5.88. The van der Waals surface area contributed by atoms with Crippen LogP contribution in [-0.4, -0.2) is 36.9 Å². The first kappa shape index (κ1) is 19.6. The van der Waals surface area contributed by atoms with Gasteiger partial charge in [0.05, 0.1) is 6.26 Å². The lowest BCUT2D eigenvalue weighted by atomic mass is 10.1. The molecule has 29 heavy (non-hydrogen) atoms. The van der Waals surface area contributed by atoms with Crippen LogP contribution in [0.3, 0.4) is 0 Å². The SMILES string of the molecule is CN(C)c1ccc(NC(=O)C2CCCC2)cc1CN(C(=O)c1ccco1)C1CC1. The van der Waals surface area contributed by atoms with E-state index in [-0.39, 0.29) is 23.8 Å². The van der Waals surface area contributed by atoms with Crippen LogP contribution in [-0.2, 0) is 11.3 Å². The standard InChI is InChI=1S/C23H29N3O3/c1-25(2)20-12-9-18(24-22(27)16-6-3-4-7-16)14-17(20)15-26(19-10-11-19)23(28)21-8-5-13-29-21/h5,8-9,12-14,16,19H,3-4,6-7,10-11,15H2,1-2H3,(H,24,27). The third-order valence-electron chi connectivity index (χ3n) is 5.88. The van der Waals surface area contributed by atoms with Gasteiger partial charge >= 0.3 is 0 Å². The largest absolute Gasteiger partial charge is 0.459 e. The van der Waals surface area contributed by atoms with Crippen molar-refractivity contribution in [3.8, 4) is 0 Å². The van der Waals surface area contributed by atoms with E-state index in [1.807, 2.05) is 42.1 Å². The zero-order valence-electron chi connectivity index (χ0n) is 17.2. The van der Waals surface area contributed by atoms with Crippen molar-refractivity contribution in [2.75, 3.05) is 24.3 Å². The second kappa shape index (κ2) is 8.31. The van der Waals surface area contributed by atoms with E-state index in [9.17, 15) is 9.59 Å². The van der Waals surface area contributed by atoms with Crippen molar-refractivity contribution in [2.45, 2.75) is 51.1 Å². The summed E-state index contributed by atoms with van der Waals surface area (Å²) in [4.78, 5) is 29.4. The van der Waals surface area contributed by atoms with Crippen LogP contribution in [0.1, 0.15) is 54.6 Å². The molecule has 0 unspecified atom stereocenters. The zero-order valence-corrected chi connectivity index (χ0v) is 17.2. The van der Waals surface area contributed by atoms with Gasteiger partial charge in [-0.05, 0) is 61.6 Å². The summed E-state index contributed by atoms with van der Waals surface area (Å²) in [5.41, 5.74) is 2.86. The molecule has 2 saturated carbocycles. The molecule has 1 aromatic heterocycles. The van der Waals surface area contributed by atoms with Gasteiger partial charge in [-0.3, -0.25) is 9.59 Å². The second-order valence-corrected chi connectivity index (χ2v) is 8.35. The summed E-state index contributed by atoms with van der Waals surface area (Å²) in [6.45, 7) is 0.491. The number of hydrogen-bond acceptors (Lipinski definition) is 4. The number of carbonyl (C=O) groups is 2. The van der Waals surface area contributed by atoms with Gasteiger partial charge in [0.1, 0.15) is 0 Å². The van der Waals surface area contributed by atoms with Crippen LogP contribution in [0.2, 0.25) is 0 Å². The van der Waals surface area contributed by atoms with Gasteiger partial charge in [0, 0.05) is 44.0 Å². The number of furan rings is 1. The van der Waals surface area contributed by atoms with Crippen molar-refractivity contribution in [1.29, 1.82) is 0 Å². The van der Waals surface area contributed by atoms with Crippen LogP contribution >= 0.6 is 0 Å². The average Bonchev–Trinajstić information content (AvgIpc) is 3.17. The average molecular weight is 396 g/mol. The van der Waals surface area contributed by atoms with E-state index in [0.717, 1.165) is 55.5 Å². The molecule has 0 spiro atoms. The Hall–Kier alpha value is -2.76. The molecule has 4 rings (SSSR count). The quantitative estimate of drug-likeness (QED) is 0.760. The summed E-state index contributed by atoms with van der Waals surface area (Å²) in [5.74, 6) is 0.517. The Morgan fingerprint density at radius 2 is 1.86 bits per heavy atom. The Balaban J connectivity index is 1.56. The van der Waals surface area contributed by atoms with E-state index in [0.29, 0.717) is 12.3 Å². The predicted molar refractivity (Wildman–Crippen MR) is 113 cm³/mol. The van der Waals surface area contributed by atoms with Gasteiger partial charge in [-0.25, -0.2) is 0 Å². The molecule has 0 saturated heterocycles. The Morgan fingerprint density at radius 1 is 1.10 bits per heavy atom. The molecule has 2 aromatic rings. The first-order chi connectivity index (χ1) is 14.0. The van der Waals surface area contributed by atoms with Crippen LogP contribution < -0.4 is 10.2 Å². The Labute approximate surface area is 171 Å². The third kappa shape index (κ3) is 4.47. The smallest absolute Gasteiger partial charge is 0.290 e. The first-order valence-electron chi connectivity index (χ1n) is 10.5. The number of benzene rings is 1. The first-order valence-corrected chi connectivity index (χ1v) is 10.5. The summed E-state index contributed by atoms with van der Waals surface area (Å²) in [5, 5.41) is 3.09. The summed E-state index contributed by atoms with van der Waals surface area (Å²) in [6.07, 6.45) is 7.78. The highest BCUT2D eigenvalue weighted by Gasteiger charge is 2.34. The highest BCUT2D eigenvalue weighted by molar-refractivity contribution is 5.93. The fraction of sp³-hybridized carbons (Fsp3) is 0.478. The highest BCUT2D eigenvalue weighted by atomic mass is 16.3. The lowest BCUT2D eigenvalue weighted by Crippen LogP contribution is -2.33. The summed E-state index contributed by atoms with van der Waals surface area (Å²) >= 11 is 0. The van der Waals surface area contributed by atoms with E-state index >= 15 is 0 Å². The topological polar surface area (TPSA) is 65.8 Å². The highest BCUT2D eigenvalue weighted by Crippen LogP contribution is 2.33. The number of rotatable bonds is 7. The van der Waals surface area contributed by atoms with Gasteiger partial charge in [-0.15, -0.1) is 0 Å². The summed E-state index contributed by atoms with van der Waals surface area (Å²) in [7, 11) is 3.98. The number of nitrogens with one attached hydrogen (secondary N) is 1. The maximum absolute atomic E-state index is 13.0. The molecular formula is C23H29N3O3. The van der Waals surface area contributed by atoms with Gasteiger partial charge in [0.15, 0.2) is 5.76 Å². The predicted octanol–water partition coefficient (Wildman–Crippen LogP) is 4.28. The molecular weight excluding hydrogens is 366 g/mol. The van der Waals surface area contributed by atoms with Crippen molar-refractivity contribution in [3.63, 3.8) is 0 Å². The fourth-order valence-corrected chi connectivity index (χ4v) is 4.14. The number of carbonyl (C=O) groups excluding carboxylic acids is 2. The van der Waals surface area contributed by atoms with Crippen molar-refractivity contribution in [2.24, 2.45) is 5.92 Å². The monoisotopic (exact) mass is 395 g/mol. The minimum Gasteiger partial charge on any atom is -0.459 e. The molecule has 2 fully saturated rings. The molecule has 2 aliphatic rings. The molecule has 2 amide bonds. The zero-order chi connectivity index (χ0) is 20.4. The number of anilines is 2. The van der Waals surface area contributed by atoms with Gasteiger partial charge in [-0.2, -0.15) is 0 Å². The maximum atomic E-state index is 13.0. The van der Waals surface area contributed by atoms with E-state index < -0.39 is 0 Å². The van der Waals surface area contributed by atoms with Crippen molar-refractivity contribution >= 4 is 23.2 Å². The molecule has 6 nitrogen and oxygen atoms in total. The molecule has 0 radical (unpaired) electrons. The van der Waals surface area contributed by atoms with Gasteiger partial charge in [0.2, 0.25) is 5.91 Å². The lowest BCUT2D eigenvalue weighted by Gasteiger charge is -2.26. The molecule has 1 N–H and O–H groups in total. The number of hydrogen-bond donors (Lipinski definition) is 1. The van der Waals surface area contributed by atoms with E-state index in [1.165, 1.54) is 6.26 Å². The Morgan fingerprint density at radius 3 is 2.48 bits per heavy atom. The molecule has 0 bridgehead atoms. The van der Waals surface area contributed by atoms with Crippen molar-refractivity contribution in [1.82, 2.24) is 4.90 Å². The molecule has 0 aliphatic heterocycles. The summed E-state index contributed by atoms with van der Waals surface area (Å²) < 4.78 is 5.34. The molecule has 6 heteroatoms. The normalized spacial score (nSPS) is 16.6. The molecule has 1 heterocycles. The minimum atomic E-state index is -0.0809. The van der Waals surface area contributed by atoms with Crippen LogP contribution in [0, 0.1) is 5.92 Å². The lowest BCUT2D eigenvalue weighted by molar-refractivity contribution is -0.119. The molecule has 154 valence electrons. The maximum Gasteiger partial charge on any atom is 0.290 e. The Kier molecular flexibility index (Phi) is 5.60.